The molecule has 1 aromatic heterocycles. The Hall–Kier alpha value is -1.87. The van der Waals surface area contributed by atoms with Crippen LogP contribution in [0.15, 0.2) is 42.6 Å². The van der Waals surface area contributed by atoms with Crippen molar-refractivity contribution in [2.75, 3.05) is 19.7 Å². The van der Waals surface area contributed by atoms with Gasteiger partial charge in [0.1, 0.15) is 5.75 Å². The zero-order valence-corrected chi connectivity index (χ0v) is 14.8. The molecule has 4 rings (SSSR count). The van der Waals surface area contributed by atoms with Gasteiger partial charge >= 0.3 is 0 Å². The number of benzene rings is 1. The molecule has 1 saturated heterocycles. The number of aromatic nitrogens is 1. The van der Waals surface area contributed by atoms with E-state index in [0.29, 0.717) is 6.04 Å². The molecule has 2 fully saturated rings. The molecule has 2 atom stereocenters. The quantitative estimate of drug-likeness (QED) is 0.831. The van der Waals surface area contributed by atoms with E-state index in [0.717, 1.165) is 41.4 Å². The maximum absolute atomic E-state index is 6.04. The van der Waals surface area contributed by atoms with Crippen LogP contribution in [0.5, 0.6) is 5.75 Å². The van der Waals surface area contributed by atoms with E-state index >= 15 is 0 Å². The molecule has 0 spiro atoms. The molecular formula is C21H26N2O. The Morgan fingerprint density at radius 3 is 2.46 bits per heavy atom. The summed E-state index contributed by atoms with van der Waals surface area (Å²) in [4.78, 5) is 7.03. The van der Waals surface area contributed by atoms with Gasteiger partial charge in [0.25, 0.3) is 0 Å². The fourth-order valence-corrected chi connectivity index (χ4v) is 3.96. The van der Waals surface area contributed by atoms with Gasteiger partial charge in [-0.25, -0.2) is 0 Å². The number of ether oxygens (including phenoxy) is 1. The third kappa shape index (κ3) is 3.05. The van der Waals surface area contributed by atoms with Crippen molar-refractivity contribution >= 4 is 0 Å². The number of rotatable bonds is 5. The van der Waals surface area contributed by atoms with Crippen molar-refractivity contribution in [3.05, 3.63) is 48.2 Å². The van der Waals surface area contributed by atoms with E-state index in [1.807, 2.05) is 12.3 Å². The molecule has 2 heterocycles. The van der Waals surface area contributed by atoms with Gasteiger partial charge in [0.05, 0.1) is 12.3 Å². The van der Waals surface area contributed by atoms with Gasteiger partial charge in [0.2, 0.25) is 0 Å². The van der Waals surface area contributed by atoms with Crippen molar-refractivity contribution < 1.29 is 4.74 Å². The van der Waals surface area contributed by atoms with Crippen LogP contribution in [0.4, 0.5) is 0 Å². The molecule has 126 valence electrons. The number of piperidine rings is 1. The molecule has 2 unspecified atom stereocenters. The summed E-state index contributed by atoms with van der Waals surface area (Å²) in [7, 11) is 0. The second kappa shape index (κ2) is 6.21. The summed E-state index contributed by atoms with van der Waals surface area (Å²) < 4.78 is 6.04. The van der Waals surface area contributed by atoms with E-state index in [1.165, 1.54) is 18.7 Å². The second-order valence-corrected chi connectivity index (χ2v) is 7.59. The molecule has 0 bridgehead atoms. The molecule has 3 nitrogen and oxygen atoms in total. The molecule has 0 N–H and O–H groups in total. The fraction of sp³-hybridized carbons (Fsp3) is 0.476. The lowest BCUT2D eigenvalue weighted by Crippen LogP contribution is -2.31. The highest BCUT2D eigenvalue weighted by molar-refractivity contribution is 5.60. The van der Waals surface area contributed by atoms with Crippen LogP contribution >= 0.6 is 0 Å². The van der Waals surface area contributed by atoms with Gasteiger partial charge in [0, 0.05) is 36.8 Å². The van der Waals surface area contributed by atoms with Crippen LogP contribution in [0, 0.1) is 24.7 Å². The summed E-state index contributed by atoms with van der Waals surface area (Å²) in [5, 5.41) is 0. The fourth-order valence-electron chi connectivity index (χ4n) is 3.96. The van der Waals surface area contributed by atoms with Gasteiger partial charge in [-0.1, -0.05) is 0 Å². The maximum Gasteiger partial charge on any atom is 0.119 e. The number of pyridine rings is 1. The highest BCUT2D eigenvalue weighted by Crippen LogP contribution is 2.52. The third-order valence-corrected chi connectivity index (χ3v) is 5.64. The zero-order chi connectivity index (χ0) is 16.7. The van der Waals surface area contributed by atoms with Crippen LogP contribution in [0.1, 0.15) is 19.4 Å². The number of nitrogens with zero attached hydrogens (tertiary/aromatic N) is 2. The standard InChI is InChI=1S/C21H26N2O/c1-14(2)23-11-18-19(12-23)20(18)13-24-17-6-4-16(5-7-17)21-10-15(3)8-9-22-21/h4-10,14,18-20H,11-13H2,1-3H3. The van der Waals surface area contributed by atoms with Crippen molar-refractivity contribution in [1.29, 1.82) is 0 Å². The Morgan fingerprint density at radius 2 is 1.83 bits per heavy atom. The predicted molar refractivity (Wildman–Crippen MR) is 97.1 cm³/mol. The van der Waals surface area contributed by atoms with Crippen molar-refractivity contribution in [1.82, 2.24) is 9.88 Å². The first kappa shape index (κ1) is 15.6. The van der Waals surface area contributed by atoms with Gasteiger partial charge in [-0.2, -0.15) is 0 Å². The Morgan fingerprint density at radius 1 is 1.12 bits per heavy atom. The first-order valence-electron chi connectivity index (χ1n) is 9.02. The maximum atomic E-state index is 6.04. The second-order valence-electron chi connectivity index (χ2n) is 7.59. The number of hydrogen-bond acceptors (Lipinski definition) is 3. The van der Waals surface area contributed by atoms with Gasteiger partial charge < -0.3 is 9.64 Å². The van der Waals surface area contributed by atoms with Crippen molar-refractivity contribution in [3.8, 4) is 17.0 Å². The molecule has 24 heavy (non-hydrogen) atoms. The molecule has 1 aliphatic heterocycles. The van der Waals surface area contributed by atoms with Crippen LogP contribution in [0.25, 0.3) is 11.3 Å². The van der Waals surface area contributed by atoms with Gasteiger partial charge in [-0.3, -0.25) is 4.98 Å². The summed E-state index contributed by atoms with van der Waals surface area (Å²) in [6, 6.07) is 13.2. The van der Waals surface area contributed by atoms with Crippen molar-refractivity contribution in [2.45, 2.75) is 26.8 Å². The van der Waals surface area contributed by atoms with Crippen LogP contribution in [-0.4, -0.2) is 35.6 Å². The minimum atomic E-state index is 0.683. The molecule has 0 amide bonds. The number of likely N-dealkylation sites (tertiary alicyclic amines) is 1. The molecule has 1 aliphatic carbocycles. The molecule has 1 aromatic carbocycles. The van der Waals surface area contributed by atoms with Crippen molar-refractivity contribution in [2.24, 2.45) is 17.8 Å². The molecular weight excluding hydrogens is 296 g/mol. The molecule has 2 aromatic rings. The lowest BCUT2D eigenvalue weighted by atomic mass is 10.1. The first-order valence-corrected chi connectivity index (χ1v) is 9.02. The first-order chi connectivity index (χ1) is 11.6. The zero-order valence-electron chi connectivity index (χ0n) is 14.8. The summed E-state index contributed by atoms with van der Waals surface area (Å²) in [5.41, 5.74) is 3.39. The highest BCUT2D eigenvalue weighted by atomic mass is 16.5. The molecule has 2 aliphatic rings. The van der Waals surface area contributed by atoms with E-state index in [4.69, 9.17) is 4.74 Å². The monoisotopic (exact) mass is 322 g/mol. The van der Waals surface area contributed by atoms with E-state index in [9.17, 15) is 0 Å². The molecule has 3 heteroatoms. The van der Waals surface area contributed by atoms with E-state index < -0.39 is 0 Å². The topological polar surface area (TPSA) is 25.4 Å². The van der Waals surface area contributed by atoms with E-state index in [-0.39, 0.29) is 0 Å². The van der Waals surface area contributed by atoms with Crippen molar-refractivity contribution in [3.63, 3.8) is 0 Å². The Labute approximate surface area is 144 Å². The van der Waals surface area contributed by atoms with Crippen LogP contribution in [-0.2, 0) is 0 Å². The van der Waals surface area contributed by atoms with Gasteiger partial charge in [0.15, 0.2) is 0 Å². The average molecular weight is 322 g/mol. The minimum Gasteiger partial charge on any atom is -0.493 e. The Bertz CT molecular complexity index is 698. The Kier molecular flexibility index (Phi) is 4.05. The lowest BCUT2D eigenvalue weighted by Gasteiger charge is -2.23. The largest absolute Gasteiger partial charge is 0.493 e. The summed E-state index contributed by atoms with van der Waals surface area (Å²) in [5.74, 6) is 3.46. The summed E-state index contributed by atoms with van der Waals surface area (Å²) >= 11 is 0. The Balaban J connectivity index is 1.31. The smallest absolute Gasteiger partial charge is 0.119 e. The van der Waals surface area contributed by atoms with Crippen LogP contribution in [0.2, 0.25) is 0 Å². The third-order valence-electron chi connectivity index (χ3n) is 5.64. The van der Waals surface area contributed by atoms with E-state index in [2.05, 4.69) is 61.0 Å². The predicted octanol–water partition coefficient (Wildman–Crippen LogP) is 4.02. The number of fused-ring (bicyclic) bond motifs is 1. The SMILES string of the molecule is Cc1ccnc(-c2ccc(OCC3C4CN(C(C)C)CC34)cc2)c1. The minimum absolute atomic E-state index is 0.683. The summed E-state index contributed by atoms with van der Waals surface area (Å²) in [6.45, 7) is 10.1. The van der Waals surface area contributed by atoms with Gasteiger partial charge in [-0.15, -0.1) is 0 Å². The number of aryl methyl sites for hydroxylation is 1. The van der Waals surface area contributed by atoms with E-state index in [1.54, 1.807) is 0 Å². The highest BCUT2D eigenvalue weighted by Gasteiger charge is 2.56. The number of hydrogen-bond donors (Lipinski definition) is 0. The normalized spacial score (nSPS) is 25.8. The lowest BCUT2D eigenvalue weighted by molar-refractivity contribution is 0.206. The van der Waals surface area contributed by atoms with Gasteiger partial charge in [-0.05, 0) is 74.6 Å². The summed E-state index contributed by atoms with van der Waals surface area (Å²) in [6.07, 6.45) is 1.86. The average Bonchev–Trinajstić information content (AvgIpc) is 3.02. The molecule has 1 saturated carbocycles. The molecule has 0 radical (unpaired) electrons. The van der Waals surface area contributed by atoms with Crippen LogP contribution in [0.3, 0.4) is 0 Å². The van der Waals surface area contributed by atoms with Crippen LogP contribution < -0.4 is 4.74 Å².